The van der Waals surface area contributed by atoms with Crippen molar-refractivity contribution in [2.45, 2.75) is 18.6 Å². The Morgan fingerprint density at radius 1 is 1.50 bits per heavy atom. The highest BCUT2D eigenvalue weighted by Gasteiger charge is 2.20. The molecule has 0 aliphatic rings. The Morgan fingerprint density at radius 2 is 2.17 bits per heavy atom. The van der Waals surface area contributed by atoms with E-state index in [4.69, 9.17) is 5.73 Å². The predicted octanol–water partition coefficient (Wildman–Crippen LogP) is 1.23. The second-order valence-electron chi connectivity index (χ2n) is 3.83. The number of anilines is 1. The average Bonchev–Trinajstić information content (AvgIpc) is 2.37. The van der Waals surface area contributed by atoms with Crippen molar-refractivity contribution in [3.63, 3.8) is 0 Å². The molecule has 0 aliphatic heterocycles. The molecule has 0 aliphatic carbocycles. The van der Waals surface area contributed by atoms with Crippen LogP contribution in [0.25, 0.3) is 0 Å². The fraction of sp³-hybridized carbons (Fsp3) is 0.417. The fourth-order valence-electron chi connectivity index (χ4n) is 1.57. The minimum absolute atomic E-state index is 0.249. The number of aliphatic hydroxyl groups excluding tert-OH is 2. The molecular formula is C12H16BrNO4. The molecule has 2 atom stereocenters. The van der Waals surface area contributed by atoms with Crippen LogP contribution in [-0.2, 0) is 4.74 Å². The van der Waals surface area contributed by atoms with Gasteiger partial charge in [0.25, 0.3) is 0 Å². The van der Waals surface area contributed by atoms with E-state index in [2.05, 4.69) is 20.7 Å². The molecule has 0 radical (unpaired) electrons. The smallest absolute Gasteiger partial charge is 0.337 e. The quantitative estimate of drug-likeness (QED) is 0.431. The zero-order chi connectivity index (χ0) is 13.7. The molecule has 4 N–H and O–H groups in total. The molecule has 0 saturated carbocycles. The van der Waals surface area contributed by atoms with Gasteiger partial charge in [-0.05, 0) is 18.6 Å². The molecule has 0 heterocycles. The number of alkyl halides is 1. The van der Waals surface area contributed by atoms with Gasteiger partial charge in [-0.25, -0.2) is 4.79 Å². The fourth-order valence-corrected chi connectivity index (χ4v) is 2.03. The molecule has 6 heteroatoms. The molecule has 0 fully saturated rings. The molecule has 0 amide bonds. The van der Waals surface area contributed by atoms with Gasteiger partial charge in [0.05, 0.1) is 18.8 Å². The van der Waals surface area contributed by atoms with Crippen LogP contribution in [0.4, 0.5) is 5.69 Å². The molecule has 0 bridgehead atoms. The second kappa shape index (κ2) is 6.72. The van der Waals surface area contributed by atoms with Crippen molar-refractivity contribution in [2.75, 3.05) is 18.2 Å². The van der Waals surface area contributed by atoms with Crippen LogP contribution in [0.1, 0.15) is 28.4 Å². The SMILES string of the molecule is COC(=O)c1ccc(C(O)C(O)CCBr)c(N)c1. The van der Waals surface area contributed by atoms with Crippen LogP contribution >= 0.6 is 15.9 Å². The van der Waals surface area contributed by atoms with E-state index in [0.29, 0.717) is 22.9 Å². The van der Waals surface area contributed by atoms with Gasteiger partial charge in [0, 0.05) is 16.6 Å². The maximum atomic E-state index is 11.3. The maximum absolute atomic E-state index is 11.3. The largest absolute Gasteiger partial charge is 0.465 e. The summed E-state index contributed by atoms with van der Waals surface area (Å²) in [5.74, 6) is -0.497. The number of hydrogen-bond donors (Lipinski definition) is 3. The van der Waals surface area contributed by atoms with Crippen LogP contribution in [0.3, 0.4) is 0 Å². The lowest BCUT2D eigenvalue weighted by Gasteiger charge is -2.19. The third-order valence-corrected chi connectivity index (χ3v) is 3.05. The highest BCUT2D eigenvalue weighted by molar-refractivity contribution is 9.09. The monoisotopic (exact) mass is 317 g/mol. The first-order valence-corrected chi connectivity index (χ1v) is 6.53. The van der Waals surface area contributed by atoms with Crippen LogP contribution < -0.4 is 5.73 Å². The summed E-state index contributed by atoms with van der Waals surface area (Å²) in [7, 11) is 1.28. The van der Waals surface area contributed by atoms with Gasteiger partial charge in [0.2, 0.25) is 0 Å². The Bertz CT molecular complexity index is 425. The third kappa shape index (κ3) is 3.44. The number of benzene rings is 1. The molecule has 1 aromatic carbocycles. The summed E-state index contributed by atoms with van der Waals surface area (Å²) in [5.41, 5.74) is 6.71. The number of carbonyl (C=O) groups is 1. The number of hydrogen-bond acceptors (Lipinski definition) is 5. The number of nitrogens with two attached hydrogens (primary N) is 1. The van der Waals surface area contributed by atoms with Crippen LogP contribution in [0.5, 0.6) is 0 Å². The van der Waals surface area contributed by atoms with E-state index in [1.165, 1.54) is 25.3 Å². The molecule has 0 aromatic heterocycles. The summed E-state index contributed by atoms with van der Waals surface area (Å²) in [6.07, 6.45) is -1.58. The van der Waals surface area contributed by atoms with E-state index in [9.17, 15) is 15.0 Å². The van der Waals surface area contributed by atoms with Gasteiger partial charge in [-0.2, -0.15) is 0 Å². The summed E-state index contributed by atoms with van der Waals surface area (Å²) in [4.78, 5) is 11.3. The highest BCUT2D eigenvalue weighted by Crippen LogP contribution is 2.26. The van der Waals surface area contributed by atoms with Crippen molar-refractivity contribution >= 4 is 27.6 Å². The van der Waals surface area contributed by atoms with Crippen molar-refractivity contribution in [1.82, 2.24) is 0 Å². The first-order chi connectivity index (χ1) is 8.51. The summed E-state index contributed by atoms with van der Waals surface area (Å²) in [6, 6.07) is 4.44. The summed E-state index contributed by atoms with van der Waals surface area (Å²) in [5, 5.41) is 20.2. The molecule has 18 heavy (non-hydrogen) atoms. The second-order valence-corrected chi connectivity index (χ2v) is 4.62. The number of esters is 1. The zero-order valence-electron chi connectivity index (χ0n) is 9.97. The van der Waals surface area contributed by atoms with Crippen molar-refractivity contribution in [3.05, 3.63) is 29.3 Å². The summed E-state index contributed by atoms with van der Waals surface area (Å²) < 4.78 is 4.57. The number of ether oxygens (including phenoxy) is 1. The van der Waals surface area contributed by atoms with Gasteiger partial charge < -0.3 is 20.7 Å². The van der Waals surface area contributed by atoms with E-state index in [1.807, 2.05) is 0 Å². The molecule has 0 spiro atoms. The lowest BCUT2D eigenvalue weighted by atomic mass is 9.99. The van der Waals surface area contributed by atoms with Crippen LogP contribution in [0, 0.1) is 0 Å². The zero-order valence-corrected chi connectivity index (χ0v) is 11.6. The minimum atomic E-state index is -1.07. The number of methoxy groups -OCH3 is 1. The van der Waals surface area contributed by atoms with Crippen molar-refractivity contribution in [3.8, 4) is 0 Å². The molecule has 1 rings (SSSR count). The van der Waals surface area contributed by atoms with Gasteiger partial charge in [-0.15, -0.1) is 0 Å². The van der Waals surface area contributed by atoms with Crippen molar-refractivity contribution < 1.29 is 19.7 Å². The normalized spacial score (nSPS) is 14.0. The lowest BCUT2D eigenvalue weighted by molar-refractivity contribution is 0.0178. The van der Waals surface area contributed by atoms with E-state index >= 15 is 0 Å². The number of halogens is 1. The summed E-state index contributed by atoms with van der Waals surface area (Å²) >= 11 is 3.19. The van der Waals surface area contributed by atoms with Gasteiger partial charge in [0.15, 0.2) is 0 Å². The Labute approximate surface area is 114 Å². The molecule has 0 saturated heterocycles. The number of nitrogen functional groups attached to an aromatic ring is 1. The van der Waals surface area contributed by atoms with E-state index in [-0.39, 0.29) is 5.69 Å². The van der Waals surface area contributed by atoms with E-state index in [0.717, 1.165) is 0 Å². The van der Waals surface area contributed by atoms with Crippen LogP contribution in [-0.4, -0.2) is 34.7 Å². The Kier molecular flexibility index (Phi) is 5.58. The van der Waals surface area contributed by atoms with Crippen molar-refractivity contribution in [2.24, 2.45) is 0 Å². The van der Waals surface area contributed by atoms with Crippen molar-refractivity contribution in [1.29, 1.82) is 0 Å². The molecule has 100 valence electrons. The highest BCUT2D eigenvalue weighted by atomic mass is 79.9. The number of carbonyl (C=O) groups excluding carboxylic acids is 1. The maximum Gasteiger partial charge on any atom is 0.337 e. The molecular weight excluding hydrogens is 302 g/mol. The molecule has 1 aromatic rings. The van der Waals surface area contributed by atoms with E-state index < -0.39 is 18.2 Å². The van der Waals surface area contributed by atoms with Gasteiger partial charge in [0.1, 0.15) is 6.10 Å². The molecule has 2 unspecified atom stereocenters. The third-order valence-electron chi connectivity index (χ3n) is 2.60. The lowest BCUT2D eigenvalue weighted by Crippen LogP contribution is -2.20. The summed E-state index contributed by atoms with van der Waals surface area (Å²) in [6.45, 7) is 0. The number of aliphatic hydroxyl groups is 2. The Balaban J connectivity index is 2.94. The average molecular weight is 318 g/mol. The number of rotatable bonds is 5. The Morgan fingerprint density at radius 3 is 2.67 bits per heavy atom. The topological polar surface area (TPSA) is 92.8 Å². The Hall–Kier alpha value is -1.11. The van der Waals surface area contributed by atoms with E-state index in [1.54, 1.807) is 0 Å². The van der Waals surface area contributed by atoms with Crippen LogP contribution in [0.2, 0.25) is 0 Å². The van der Waals surface area contributed by atoms with Gasteiger partial charge in [-0.3, -0.25) is 0 Å². The molecule has 5 nitrogen and oxygen atoms in total. The van der Waals surface area contributed by atoms with Crippen LogP contribution in [0.15, 0.2) is 18.2 Å². The first kappa shape index (κ1) is 14.9. The minimum Gasteiger partial charge on any atom is -0.465 e. The predicted molar refractivity (Wildman–Crippen MR) is 71.6 cm³/mol. The standard InChI is InChI=1S/C12H16BrNO4/c1-18-12(17)7-2-3-8(9(14)6-7)11(16)10(15)4-5-13/h2-3,6,10-11,15-16H,4-5,14H2,1H3. The van der Waals surface area contributed by atoms with Gasteiger partial charge >= 0.3 is 5.97 Å². The van der Waals surface area contributed by atoms with Gasteiger partial charge in [-0.1, -0.05) is 22.0 Å². The first-order valence-electron chi connectivity index (χ1n) is 5.41.